The van der Waals surface area contributed by atoms with E-state index in [0.29, 0.717) is 18.1 Å². The summed E-state index contributed by atoms with van der Waals surface area (Å²) in [5.41, 5.74) is 0. The minimum atomic E-state index is 0.193. The lowest BCUT2D eigenvalue weighted by molar-refractivity contribution is 0.0517. The van der Waals surface area contributed by atoms with Crippen molar-refractivity contribution in [2.24, 2.45) is 17.8 Å². The van der Waals surface area contributed by atoms with Crippen molar-refractivity contribution < 1.29 is 9.53 Å². The van der Waals surface area contributed by atoms with Gasteiger partial charge in [0.2, 0.25) is 0 Å². The number of urea groups is 1. The van der Waals surface area contributed by atoms with Gasteiger partial charge in [-0.05, 0) is 49.9 Å². The smallest absolute Gasteiger partial charge is 0.317 e. The Morgan fingerprint density at radius 1 is 1.04 bits per heavy atom. The molecule has 25 heavy (non-hydrogen) atoms. The third kappa shape index (κ3) is 4.13. The Hall–Kier alpha value is -0.810. The van der Waals surface area contributed by atoms with Gasteiger partial charge in [-0.15, -0.1) is 0 Å². The predicted molar refractivity (Wildman–Crippen MR) is 98.5 cm³/mol. The second kappa shape index (κ2) is 7.83. The molecule has 3 aliphatic heterocycles. The lowest BCUT2D eigenvalue weighted by Crippen LogP contribution is -2.53. The first-order valence-corrected chi connectivity index (χ1v) is 10.6. The molecule has 2 amide bonds. The van der Waals surface area contributed by atoms with E-state index < -0.39 is 0 Å². The third-order valence-corrected chi connectivity index (χ3v) is 7.05. The summed E-state index contributed by atoms with van der Waals surface area (Å²) in [6.45, 7) is 8.43. The van der Waals surface area contributed by atoms with Crippen molar-refractivity contribution >= 4 is 6.03 Å². The van der Waals surface area contributed by atoms with Crippen molar-refractivity contribution in [2.75, 3.05) is 39.3 Å². The van der Waals surface area contributed by atoms with Crippen LogP contribution in [0, 0.1) is 17.8 Å². The molecule has 0 aromatic heterocycles. The summed E-state index contributed by atoms with van der Waals surface area (Å²) in [5, 5.41) is 3.36. The first kappa shape index (κ1) is 17.6. The van der Waals surface area contributed by atoms with E-state index in [2.05, 4.69) is 22.0 Å². The van der Waals surface area contributed by atoms with Gasteiger partial charge in [0, 0.05) is 45.4 Å². The molecule has 1 saturated carbocycles. The number of rotatable bonds is 3. The van der Waals surface area contributed by atoms with Crippen LogP contribution in [0.25, 0.3) is 0 Å². The molecule has 5 heteroatoms. The average molecular weight is 350 g/mol. The Kier molecular flexibility index (Phi) is 5.51. The molecule has 0 aromatic rings. The maximum absolute atomic E-state index is 12.7. The van der Waals surface area contributed by atoms with E-state index in [-0.39, 0.29) is 6.03 Å². The minimum Gasteiger partial charge on any atom is -0.377 e. The van der Waals surface area contributed by atoms with Crippen molar-refractivity contribution in [3.63, 3.8) is 0 Å². The standard InChI is InChI=1S/C20H35N3O2/c1-15-11-22(14-18-7-4-10-25-18)9-8-19(15)21-20(24)23-12-16-5-2-3-6-17(16)13-23/h15-19H,2-14H2,1H3,(H,21,24)/t15-,16+,17+,18+,19+/m1/s1. The molecule has 3 heterocycles. The van der Waals surface area contributed by atoms with Crippen LogP contribution in [0.15, 0.2) is 0 Å². The number of hydrogen-bond donors (Lipinski definition) is 1. The molecule has 1 aliphatic carbocycles. The zero-order chi connectivity index (χ0) is 17.2. The average Bonchev–Trinajstić information content (AvgIpc) is 3.26. The van der Waals surface area contributed by atoms with Crippen LogP contribution in [0.3, 0.4) is 0 Å². The molecule has 4 aliphatic rings. The number of nitrogens with zero attached hydrogens (tertiary/aromatic N) is 2. The fourth-order valence-corrected chi connectivity index (χ4v) is 5.51. The van der Waals surface area contributed by atoms with E-state index in [9.17, 15) is 4.79 Å². The van der Waals surface area contributed by atoms with Crippen LogP contribution in [0.5, 0.6) is 0 Å². The monoisotopic (exact) mass is 349 g/mol. The number of likely N-dealkylation sites (tertiary alicyclic amines) is 2. The van der Waals surface area contributed by atoms with Crippen LogP contribution < -0.4 is 5.32 Å². The van der Waals surface area contributed by atoms with Crippen LogP contribution >= 0.6 is 0 Å². The molecule has 0 spiro atoms. The molecule has 0 unspecified atom stereocenters. The van der Waals surface area contributed by atoms with Gasteiger partial charge in [0.15, 0.2) is 0 Å². The quantitative estimate of drug-likeness (QED) is 0.852. The fourth-order valence-electron chi connectivity index (χ4n) is 5.51. The molecular weight excluding hydrogens is 314 g/mol. The van der Waals surface area contributed by atoms with Crippen molar-refractivity contribution in [3.8, 4) is 0 Å². The van der Waals surface area contributed by atoms with Gasteiger partial charge in [-0.1, -0.05) is 19.8 Å². The summed E-state index contributed by atoms with van der Waals surface area (Å²) in [6.07, 6.45) is 9.30. The Morgan fingerprint density at radius 2 is 1.80 bits per heavy atom. The van der Waals surface area contributed by atoms with Crippen LogP contribution in [0.2, 0.25) is 0 Å². The van der Waals surface area contributed by atoms with Gasteiger partial charge in [0.1, 0.15) is 0 Å². The molecule has 5 nitrogen and oxygen atoms in total. The maximum Gasteiger partial charge on any atom is 0.317 e. The molecule has 142 valence electrons. The molecule has 0 radical (unpaired) electrons. The lowest BCUT2D eigenvalue weighted by Gasteiger charge is -2.38. The number of hydrogen-bond acceptors (Lipinski definition) is 3. The van der Waals surface area contributed by atoms with Crippen LogP contribution in [0.4, 0.5) is 4.79 Å². The fraction of sp³-hybridized carbons (Fsp3) is 0.950. The maximum atomic E-state index is 12.7. The zero-order valence-electron chi connectivity index (χ0n) is 15.8. The van der Waals surface area contributed by atoms with E-state index in [4.69, 9.17) is 4.74 Å². The number of piperidine rings is 1. The van der Waals surface area contributed by atoms with Crippen molar-refractivity contribution in [2.45, 2.75) is 64.0 Å². The molecular formula is C20H35N3O2. The number of fused-ring (bicyclic) bond motifs is 1. The lowest BCUT2D eigenvalue weighted by atomic mass is 9.82. The van der Waals surface area contributed by atoms with Gasteiger partial charge in [-0.3, -0.25) is 0 Å². The zero-order valence-corrected chi connectivity index (χ0v) is 15.8. The van der Waals surface area contributed by atoms with E-state index in [1.54, 1.807) is 0 Å². The second-order valence-corrected chi connectivity index (χ2v) is 8.93. The highest BCUT2D eigenvalue weighted by molar-refractivity contribution is 5.75. The van der Waals surface area contributed by atoms with Crippen molar-refractivity contribution in [1.29, 1.82) is 0 Å². The summed E-state index contributed by atoms with van der Waals surface area (Å²) >= 11 is 0. The summed E-state index contributed by atoms with van der Waals surface area (Å²) in [6, 6.07) is 0.523. The molecule has 5 atom stereocenters. The Morgan fingerprint density at radius 3 is 2.44 bits per heavy atom. The summed E-state index contributed by atoms with van der Waals surface area (Å²) < 4.78 is 5.78. The van der Waals surface area contributed by atoms with Gasteiger partial charge < -0.3 is 19.9 Å². The van der Waals surface area contributed by atoms with E-state index >= 15 is 0 Å². The Balaban J connectivity index is 1.23. The summed E-state index contributed by atoms with van der Waals surface area (Å²) in [5.74, 6) is 2.05. The van der Waals surface area contributed by atoms with Crippen LogP contribution in [0.1, 0.15) is 51.9 Å². The van der Waals surface area contributed by atoms with Gasteiger partial charge in [0.25, 0.3) is 0 Å². The summed E-state index contributed by atoms with van der Waals surface area (Å²) in [7, 11) is 0. The first-order valence-electron chi connectivity index (χ1n) is 10.6. The predicted octanol–water partition coefficient (Wildman–Crippen LogP) is 2.71. The Labute approximate surface area is 152 Å². The molecule has 0 bridgehead atoms. The second-order valence-electron chi connectivity index (χ2n) is 8.93. The molecule has 4 rings (SSSR count). The van der Waals surface area contributed by atoms with Crippen LogP contribution in [-0.2, 0) is 4.74 Å². The topological polar surface area (TPSA) is 44.8 Å². The van der Waals surface area contributed by atoms with Crippen molar-refractivity contribution in [3.05, 3.63) is 0 Å². The van der Waals surface area contributed by atoms with E-state index in [1.165, 1.54) is 38.5 Å². The highest BCUT2D eigenvalue weighted by Crippen LogP contribution is 2.36. The molecule has 3 saturated heterocycles. The highest BCUT2D eigenvalue weighted by atomic mass is 16.5. The normalized spacial score (nSPS) is 39.4. The van der Waals surface area contributed by atoms with E-state index in [1.807, 2.05) is 0 Å². The number of amides is 2. The minimum absolute atomic E-state index is 0.193. The first-order chi connectivity index (χ1) is 12.2. The van der Waals surface area contributed by atoms with Crippen molar-refractivity contribution in [1.82, 2.24) is 15.1 Å². The highest BCUT2D eigenvalue weighted by Gasteiger charge is 2.37. The Bertz CT molecular complexity index is 452. The van der Waals surface area contributed by atoms with Gasteiger partial charge in [-0.2, -0.15) is 0 Å². The third-order valence-electron chi connectivity index (χ3n) is 7.05. The number of nitrogens with one attached hydrogen (secondary N) is 1. The van der Waals surface area contributed by atoms with Gasteiger partial charge in [-0.25, -0.2) is 4.79 Å². The SMILES string of the molecule is C[C@@H]1CN(C[C@@H]2CCCO2)CC[C@@H]1NC(=O)N1C[C@@H]2CCCC[C@H]2C1. The number of ether oxygens (including phenoxy) is 1. The van der Waals surface area contributed by atoms with Gasteiger partial charge in [0.05, 0.1) is 6.10 Å². The van der Waals surface area contributed by atoms with Gasteiger partial charge >= 0.3 is 6.03 Å². The largest absolute Gasteiger partial charge is 0.377 e. The molecule has 0 aromatic carbocycles. The summed E-state index contributed by atoms with van der Waals surface area (Å²) in [4.78, 5) is 17.4. The van der Waals surface area contributed by atoms with E-state index in [0.717, 1.165) is 57.6 Å². The molecule has 1 N–H and O–H groups in total. The molecule has 4 fully saturated rings. The number of carbonyl (C=O) groups excluding carboxylic acids is 1. The van der Waals surface area contributed by atoms with Crippen LogP contribution in [-0.4, -0.2) is 67.3 Å². The number of carbonyl (C=O) groups is 1.